The molecule has 1 aromatic rings. The van der Waals surface area contributed by atoms with Crippen molar-refractivity contribution in [2.75, 3.05) is 13.6 Å². The van der Waals surface area contributed by atoms with Gasteiger partial charge in [-0.25, -0.2) is 17.9 Å². The van der Waals surface area contributed by atoms with Crippen molar-refractivity contribution >= 4 is 21.9 Å². The number of carbonyl (C=O) groups excluding carboxylic acids is 1. The lowest BCUT2D eigenvalue weighted by Crippen LogP contribution is -2.43. The fourth-order valence-corrected chi connectivity index (χ4v) is 2.83. The number of amides is 1. The highest BCUT2D eigenvalue weighted by Crippen LogP contribution is 2.16. The number of nitrogens with one attached hydrogen (secondary N) is 2. The van der Waals surface area contributed by atoms with E-state index in [-0.39, 0.29) is 22.9 Å². The predicted octanol–water partition coefficient (Wildman–Crippen LogP) is 0.435. The van der Waals surface area contributed by atoms with E-state index >= 15 is 0 Å². The molecule has 116 valence electrons. The largest absolute Gasteiger partial charge is 0.478 e. The number of aromatic carboxylic acids is 1. The molecule has 0 atom stereocenters. The molecule has 0 heterocycles. The lowest BCUT2D eigenvalue weighted by molar-refractivity contribution is -0.128. The zero-order chi connectivity index (χ0) is 16.3. The summed E-state index contributed by atoms with van der Waals surface area (Å²) < 4.78 is 26.6. The van der Waals surface area contributed by atoms with Crippen molar-refractivity contribution in [3.05, 3.63) is 29.8 Å². The first-order valence-electron chi connectivity index (χ1n) is 6.15. The molecule has 21 heavy (non-hydrogen) atoms. The zero-order valence-corrected chi connectivity index (χ0v) is 12.8. The maximum Gasteiger partial charge on any atom is 0.335 e. The van der Waals surface area contributed by atoms with Crippen molar-refractivity contribution in [2.45, 2.75) is 18.7 Å². The normalized spacial score (nSPS) is 12.0. The third-order valence-corrected chi connectivity index (χ3v) is 4.34. The van der Waals surface area contributed by atoms with E-state index in [1.165, 1.54) is 25.2 Å². The van der Waals surface area contributed by atoms with Crippen molar-refractivity contribution in [1.82, 2.24) is 10.0 Å². The Morgan fingerprint density at radius 2 is 1.90 bits per heavy atom. The van der Waals surface area contributed by atoms with Crippen molar-refractivity contribution in [1.29, 1.82) is 0 Å². The number of hydrogen-bond donors (Lipinski definition) is 3. The molecule has 0 bridgehead atoms. The van der Waals surface area contributed by atoms with E-state index in [2.05, 4.69) is 10.0 Å². The molecule has 7 nitrogen and oxygen atoms in total. The van der Waals surface area contributed by atoms with Gasteiger partial charge < -0.3 is 10.4 Å². The summed E-state index contributed by atoms with van der Waals surface area (Å²) >= 11 is 0. The van der Waals surface area contributed by atoms with Gasteiger partial charge in [-0.05, 0) is 32.0 Å². The first-order valence-corrected chi connectivity index (χ1v) is 7.64. The van der Waals surface area contributed by atoms with E-state index in [1.54, 1.807) is 13.8 Å². The van der Waals surface area contributed by atoms with Gasteiger partial charge in [0.1, 0.15) is 0 Å². The Balaban J connectivity index is 2.95. The molecule has 0 aliphatic rings. The quantitative estimate of drug-likeness (QED) is 0.705. The molecule has 0 saturated heterocycles. The lowest BCUT2D eigenvalue weighted by atomic mass is 9.93. The monoisotopic (exact) mass is 314 g/mol. The highest BCUT2D eigenvalue weighted by molar-refractivity contribution is 7.89. The summed E-state index contributed by atoms with van der Waals surface area (Å²) in [5, 5.41) is 11.3. The van der Waals surface area contributed by atoms with Gasteiger partial charge in [-0.15, -0.1) is 0 Å². The van der Waals surface area contributed by atoms with Crippen LogP contribution in [0, 0.1) is 5.41 Å². The maximum absolute atomic E-state index is 12.1. The second-order valence-corrected chi connectivity index (χ2v) is 6.89. The summed E-state index contributed by atoms with van der Waals surface area (Å²) in [5.41, 5.74) is -1.05. The fraction of sp³-hybridized carbons (Fsp3) is 0.385. The minimum atomic E-state index is -3.88. The van der Waals surface area contributed by atoms with Gasteiger partial charge >= 0.3 is 5.97 Å². The van der Waals surface area contributed by atoms with Gasteiger partial charge in [0.25, 0.3) is 0 Å². The average Bonchev–Trinajstić information content (AvgIpc) is 2.44. The van der Waals surface area contributed by atoms with Crippen LogP contribution in [0.1, 0.15) is 24.2 Å². The topological polar surface area (TPSA) is 113 Å². The minimum absolute atomic E-state index is 0.105. The molecule has 0 fully saturated rings. The molecule has 1 rings (SSSR count). The SMILES string of the molecule is CNC(=O)C(C)(C)CNS(=O)(=O)c1cccc(C(=O)O)c1. The van der Waals surface area contributed by atoms with Crippen LogP contribution in [0.3, 0.4) is 0 Å². The first-order chi connectivity index (χ1) is 9.60. The van der Waals surface area contributed by atoms with Crippen molar-refractivity contribution in [3.63, 3.8) is 0 Å². The molecule has 0 aliphatic carbocycles. The maximum atomic E-state index is 12.1. The Labute approximate surface area is 123 Å². The van der Waals surface area contributed by atoms with Crippen LogP contribution in [0.25, 0.3) is 0 Å². The Hall–Kier alpha value is -1.93. The van der Waals surface area contributed by atoms with E-state index < -0.39 is 21.4 Å². The molecule has 0 aromatic heterocycles. The second kappa shape index (κ2) is 6.23. The fourth-order valence-electron chi connectivity index (χ4n) is 1.57. The minimum Gasteiger partial charge on any atom is -0.478 e. The molecule has 0 aliphatic heterocycles. The van der Waals surface area contributed by atoms with E-state index in [4.69, 9.17) is 5.11 Å². The van der Waals surface area contributed by atoms with Crippen molar-refractivity contribution < 1.29 is 23.1 Å². The van der Waals surface area contributed by atoms with Crippen LogP contribution in [0.2, 0.25) is 0 Å². The van der Waals surface area contributed by atoms with E-state index in [0.717, 1.165) is 6.07 Å². The highest BCUT2D eigenvalue weighted by Gasteiger charge is 2.29. The second-order valence-electron chi connectivity index (χ2n) is 5.12. The van der Waals surface area contributed by atoms with Crippen LogP contribution in [0.4, 0.5) is 0 Å². The molecule has 1 amide bonds. The van der Waals surface area contributed by atoms with Crippen LogP contribution in [0.15, 0.2) is 29.2 Å². The number of carboxylic acid groups (broad SMARTS) is 1. The molecule has 1 aromatic carbocycles. The summed E-state index contributed by atoms with van der Waals surface area (Å²) in [7, 11) is -2.42. The number of hydrogen-bond acceptors (Lipinski definition) is 4. The molecule has 3 N–H and O–H groups in total. The highest BCUT2D eigenvalue weighted by atomic mass is 32.2. The summed E-state index contributed by atoms with van der Waals surface area (Å²) in [4.78, 5) is 22.3. The van der Waals surface area contributed by atoms with Gasteiger partial charge in [-0.2, -0.15) is 0 Å². The van der Waals surface area contributed by atoms with Gasteiger partial charge in [0.15, 0.2) is 0 Å². The van der Waals surface area contributed by atoms with Gasteiger partial charge in [-0.1, -0.05) is 6.07 Å². The van der Waals surface area contributed by atoms with Crippen molar-refractivity contribution in [3.8, 4) is 0 Å². The van der Waals surface area contributed by atoms with Crippen LogP contribution in [0.5, 0.6) is 0 Å². The van der Waals surface area contributed by atoms with Gasteiger partial charge in [-0.3, -0.25) is 4.79 Å². The standard InChI is InChI=1S/C13H18N2O5S/c1-13(2,12(18)14-3)8-15-21(19,20)10-6-4-5-9(7-10)11(16)17/h4-7,15H,8H2,1-3H3,(H,14,18)(H,16,17). The third-order valence-electron chi connectivity index (χ3n) is 2.94. The van der Waals surface area contributed by atoms with Crippen LogP contribution in [-0.4, -0.2) is 39.0 Å². The van der Waals surface area contributed by atoms with Crippen LogP contribution >= 0.6 is 0 Å². The van der Waals surface area contributed by atoms with E-state index in [1.807, 2.05) is 0 Å². The average molecular weight is 314 g/mol. The Bertz CT molecular complexity index is 652. The Kier molecular flexibility index (Phi) is 5.08. The number of rotatable bonds is 6. The number of carboxylic acids is 1. The predicted molar refractivity (Wildman–Crippen MR) is 76.4 cm³/mol. The number of carbonyl (C=O) groups is 2. The molecule has 0 spiro atoms. The first kappa shape index (κ1) is 17.1. The summed E-state index contributed by atoms with van der Waals surface area (Å²) in [6, 6.07) is 5.01. The molecular formula is C13H18N2O5S. The molecule has 0 radical (unpaired) electrons. The molecule has 0 saturated carbocycles. The van der Waals surface area contributed by atoms with Crippen LogP contribution in [-0.2, 0) is 14.8 Å². The van der Waals surface area contributed by atoms with Crippen LogP contribution < -0.4 is 10.0 Å². The molecule has 8 heteroatoms. The zero-order valence-electron chi connectivity index (χ0n) is 12.0. The van der Waals surface area contributed by atoms with Gasteiger partial charge in [0.05, 0.1) is 15.9 Å². The summed E-state index contributed by atoms with van der Waals surface area (Å²) in [5.74, 6) is -1.51. The van der Waals surface area contributed by atoms with E-state index in [9.17, 15) is 18.0 Å². The Morgan fingerprint density at radius 1 is 1.29 bits per heavy atom. The smallest absolute Gasteiger partial charge is 0.335 e. The van der Waals surface area contributed by atoms with Gasteiger partial charge in [0, 0.05) is 13.6 Å². The Morgan fingerprint density at radius 3 is 2.43 bits per heavy atom. The number of sulfonamides is 1. The summed E-state index contributed by atoms with van der Waals surface area (Å²) in [6.07, 6.45) is 0. The van der Waals surface area contributed by atoms with E-state index in [0.29, 0.717) is 0 Å². The number of benzene rings is 1. The molecular weight excluding hydrogens is 296 g/mol. The summed E-state index contributed by atoms with van der Waals surface area (Å²) in [6.45, 7) is 3.09. The molecule has 0 unspecified atom stereocenters. The lowest BCUT2D eigenvalue weighted by Gasteiger charge is -2.22. The third kappa shape index (κ3) is 4.27. The van der Waals surface area contributed by atoms with Crippen molar-refractivity contribution in [2.24, 2.45) is 5.41 Å². The van der Waals surface area contributed by atoms with Gasteiger partial charge in [0.2, 0.25) is 15.9 Å².